The lowest BCUT2D eigenvalue weighted by Gasteiger charge is -2.07. The van der Waals surface area contributed by atoms with Gasteiger partial charge in [0.15, 0.2) is 0 Å². The van der Waals surface area contributed by atoms with E-state index in [9.17, 15) is 8.42 Å². The number of nitrogens with zero attached hydrogens (tertiary/aromatic N) is 1. The van der Waals surface area contributed by atoms with E-state index >= 15 is 0 Å². The standard InChI is InChI=1S/C16H17N3O3S2/c1-22-12-4-6-13(7-5-12)24(20,21)19-9-8-14-16(18-11-17-14)15-3-2-10-23-15/h2-7,10-11,19H,8-9H2,1H3,(H,17,18). The number of imidazole rings is 1. The third-order valence-electron chi connectivity index (χ3n) is 3.51. The Morgan fingerprint density at radius 1 is 1.25 bits per heavy atom. The third-order valence-corrected chi connectivity index (χ3v) is 5.86. The molecule has 2 heterocycles. The number of hydrogen-bond donors (Lipinski definition) is 2. The molecule has 126 valence electrons. The van der Waals surface area contributed by atoms with E-state index in [0.29, 0.717) is 12.2 Å². The molecule has 1 aromatic carbocycles. The average molecular weight is 363 g/mol. The Bertz CT molecular complexity index is 885. The molecule has 0 atom stereocenters. The van der Waals surface area contributed by atoms with Crippen LogP contribution in [0.25, 0.3) is 10.6 Å². The molecule has 0 radical (unpaired) electrons. The van der Waals surface area contributed by atoms with E-state index in [4.69, 9.17) is 4.74 Å². The van der Waals surface area contributed by atoms with E-state index in [1.54, 1.807) is 29.8 Å². The van der Waals surface area contributed by atoms with E-state index in [0.717, 1.165) is 16.3 Å². The molecule has 0 aliphatic carbocycles. The minimum absolute atomic E-state index is 0.214. The molecular weight excluding hydrogens is 346 g/mol. The van der Waals surface area contributed by atoms with Gasteiger partial charge in [0.05, 0.1) is 23.2 Å². The summed E-state index contributed by atoms with van der Waals surface area (Å²) in [6.45, 7) is 0.287. The van der Waals surface area contributed by atoms with Crippen LogP contribution in [0.2, 0.25) is 0 Å². The summed E-state index contributed by atoms with van der Waals surface area (Å²) in [5, 5.41) is 1.99. The summed E-state index contributed by atoms with van der Waals surface area (Å²) in [5.74, 6) is 0.618. The molecule has 8 heteroatoms. The summed E-state index contributed by atoms with van der Waals surface area (Å²) in [7, 11) is -2.00. The van der Waals surface area contributed by atoms with Crippen LogP contribution in [0.1, 0.15) is 5.69 Å². The van der Waals surface area contributed by atoms with Crippen molar-refractivity contribution in [2.24, 2.45) is 0 Å². The Labute approximate surface area is 144 Å². The molecule has 0 fully saturated rings. The number of aromatic amines is 1. The lowest BCUT2D eigenvalue weighted by molar-refractivity contribution is 0.414. The number of rotatable bonds is 7. The Balaban J connectivity index is 1.65. The lowest BCUT2D eigenvalue weighted by Crippen LogP contribution is -2.26. The van der Waals surface area contributed by atoms with Gasteiger partial charge in [0, 0.05) is 18.7 Å². The fourth-order valence-electron chi connectivity index (χ4n) is 2.29. The second-order valence-electron chi connectivity index (χ2n) is 5.03. The summed E-state index contributed by atoms with van der Waals surface area (Å²) in [5.41, 5.74) is 1.78. The molecule has 2 N–H and O–H groups in total. The van der Waals surface area contributed by atoms with E-state index in [-0.39, 0.29) is 11.4 Å². The third kappa shape index (κ3) is 3.66. The topological polar surface area (TPSA) is 84.1 Å². The molecule has 0 aliphatic rings. The zero-order valence-electron chi connectivity index (χ0n) is 13.0. The maximum atomic E-state index is 12.3. The van der Waals surface area contributed by atoms with Crippen LogP contribution >= 0.6 is 11.3 Å². The maximum absolute atomic E-state index is 12.3. The first kappa shape index (κ1) is 16.7. The number of thiophene rings is 1. The smallest absolute Gasteiger partial charge is 0.240 e. The van der Waals surface area contributed by atoms with Gasteiger partial charge in [0.1, 0.15) is 11.4 Å². The SMILES string of the molecule is COc1ccc(S(=O)(=O)NCCc2[nH]cnc2-c2cccs2)cc1. The predicted molar refractivity (Wildman–Crippen MR) is 93.8 cm³/mol. The monoisotopic (exact) mass is 363 g/mol. The van der Waals surface area contributed by atoms with E-state index in [2.05, 4.69) is 14.7 Å². The highest BCUT2D eigenvalue weighted by Crippen LogP contribution is 2.25. The van der Waals surface area contributed by atoms with Crippen LogP contribution in [0.3, 0.4) is 0 Å². The molecule has 3 rings (SSSR count). The zero-order valence-corrected chi connectivity index (χ0v) is 14.7. The van der Waals surface area contributed by atoms with Crippen LogP contribution in [-0.2, 0) is 16.4 Å². The Morgan fingerprint density at radius 3 is 2.71 bits per heavy atom. The van der Waals surface area contributed by atoms with Crippen molar-refractivity contribution in [2.75, 3.05) is 13.7 Å². The molecule has 0 spiro atoms. The zero-order chi connectivity index (χ0) is 17.0. The van der Waals surface area contributed by atoms with Crippen molar-refractivity contribution in [3.63, 3.8) is 0 Å². The van der Waals surface area contributed by atoms with Gasteiger partial charge in [-0.2, -0.15) is 0 Å². The number of sulfonamides is 1. The average Bonchev–Trinajstić information content (AvgIpc) is 3.25. The van der Waals surface area contributed by atoms with Gasteiger partial charge in [-0.05, 0) is 35.7 Å². The van der Waals surface area contributed by atoms with Gasteiger partial charge >= 0.3 is 0 Å². The summed E-state index contributed by atoms with van der Waals surface area (Å²) >= 11 is 1.60. The number of aromatic nitrogens is 2. The number of hydrogen-bond acceptors (Lipinski definition) is 5. The van der Waals surface area contributed by atoms with Gasteiger partial charge in [-0.3, -0.25) is 0 Å². The molecule has 2 aromatic heterocycles. The van der Waals surface area contributed by atoms with Crippen molar-refractivity contribution in [1.29, 1.82) is 0 Å². The van der Waals surface area contributed by atoms with Crippen LogP contribution in [0, 0.1) is 0 Å². The van der Waals surface area contributed by atoms with Crippen LogP contribution in [-0.4, -0.2) is 32.0 Å². The van der Waals surface area contributed by atoms with Gasteiger partial charge in [0.2, 0.25) is 10.0 Å². The number of methoxy groups -OCH3 is 1. The highest BCUT2D eigenvalue weighted by molar-refractivity contribution is 7.89. The van der Waals surface area contributed by atoms with Crippen molar-refractivity contribution in [3.05, 3.63) is 53.8 Å². The number of benzene rings is 1. The van der Waals surface area contributed by atoms with Crippen molar-refractivity contribution in [2.45, 2.75) is 11.3 Å². The van der Waals surface area contributed by atoms with Crippen LogP contribution in [0.5, 0.6) is 5.75 Å². The van der Waals surface area contributed by atoms with Gasteiger partial charge < -0.3 is 9.72 Å². The highest BCUT2D eigenvalue weighted by Gasteiger charge is 2.15. The molecule has 6 nitrogen and oxygen atoms in total. The minimum atomic E-state index is -3.54. The number of H-pyrrole nitrogens is 1. The van der Waals surface area contributed by atoms with Gasteiger partial charge in [0.25, 0.3) is 0 Å². The normalized spacial score (nSPS) is 11.5. The quantitative estimate of drug-likeness (QED) is 0.676. The fraction of sp³-hybridized carbons (Fsp3) is 0.188. The molecule has 0 unspecified atom stereocenters. The van der Waals surface area contributed by atoms with Crippen molar-refractivity contribution in [1.82, 2.24) is 14.7 Å². The molecule has 3 aromatic rings. The molecule has 24 heavy (non-hydrogen) atoms. The second kappa shape index (κ2) is 7.16. The molecule has 0 saturated carbocycles. The molecule has 0 bridgehead atoms. The fourth-order valence-corrected chi connectivity index (χ4v) is 4.07. The Hall–Kier alpha value is -2.16. The first-order valence-corrected chi connectivity index (χ1v) is 9.66. The van der Waals surface area contributed by atoms with Gasteiger partial charge in [-0.25, -0.2) is 18.1 Å². The van der Waals surface area contributed by atoms with E-state index in [1.165, 1.54) is 19.2 Å². The molecule has 0 amide bonds. The first-order chi connectivity index (χ1) is 11.6. The molecule has 0 aliphatic heterocycles. The second-order valence-corrected chi connectivity index (χ2v) is 7.74. The van der Waals surface area contributed by atoms with Crippen molar-refractivity contribution < 1.29 is 13.2 Å². The molecule has 0 saturated heterocycles. The first-order valence-electron chi connectivity index (χ1n) is 7.30. The summed E-state index contributed by atoms with van der Waals surface area (Å²) in [6.07, 6.45) is 2.16. The number of ether oxygens (including phenoxy) is 1. The summed E-state index contributed by atoms with van der Waals surface area (Å²) < 4.78 is 32.2. The largest absolute Gasteiger partial charge is 0.497 e. The predicted octanol–water partition coefficient (Wildman–Crippen LogP) is 2.67. The van der Waals surface area contributed by atoms with Crippen molar-refractivity contribution >= 4 is 21.4 Å². The van der Waals surface area contributed by atoms with Crippen LogP contribution < -0.4 is 9.46 Å². The van der Waals surface area contributed by atoms with Crippen molar-refractivity contribution in [3.8, 4) is 16.3 Å². The Kier molecular flexibility index (Phi) is 4.98. The summed E-state index contributed by atoms with van der Waals surface area (Å²) in [6, 6.07) is 10.2. The summed E-state index contributed by atoms with van der Waals surface area (Å²) in [4.78, 5) is 8.67. The lowest BCUT2D eigenvalue weighted by atomic mass is 10.2. The van der Waals surface area contributed by atoms with Crippen LogP contribution in [0.15, 0.2) is 53.0 Å². The number of nitrogens with one attached hydrogen (secondary N) is 2. The maximum Gasteiger partial charge on any atom is 0.240 e. The highest BCUT2D eigenvalue weighted by atomic mass is 32.2. The minimum Gasteiger partial charge on any atom is -0.497 e. The van der Waals surface area contributed by atoms with E-state index in [1.807, 2.05) is 17.5 Å². The molecular formula is C16H17N3O3S2. The van der Waals surface area contributed by atoms with Gasteiger partial charge in [-0.1, -0.05) is 6.07 Å². The van der Waals surface area contributed by atoms with Crippen LogP contribution in [0.4, 0.5) is 0 Å². The van der Waals surface area contributed by atoms with Gasteiger partial charge in [-0.15, -0.1) is 11.3 Å². The Morgan fingerprint density at radius 2 is 2.04 bits per heavy atom. The van der Waals surface area contributed by atoms with E-state index < -0.39 is 10.0 Å².